The predicted molar refractivity (Wildman–Crippen MR) is 48.1 cm³/mol. The van der Waals surface area contributed by atoms with E-state index < -0.39 is 5.91 Å². The van der Waals surface area contributed by atoms with Crippen LogP contribution in [-0.2, 0) is 0 Å². The Labute approximate surface area is 79.2 Å². The fourth-order valence-electron chi connectivity index (χ4n) is 1.08. The molecule has 3 N–H and O–H groups in total. The summed E-state index contributed by atoms with van der Waals surface area (Å²) in [5, 5.41) is 9.79. The van der Waals surface area contributed by atoms with Crippen LogP contribution in [0.25, 0.3) is 11.4 Å². The Kier molecular flexibility index (Phi) is 1.94. The van der Waals surface area contributed by atoms with Crippen LogP contribution in [0.3, 0.4) is 0 Å². The van der Waals surface area contributed by atoms with E-state index in [-0.39, 0.29) is 5.69 Å². The molecule has 0 aromatic carbocycles. The lowest BCUT2D eigenvalue weighted by Crippen LogP contribution is -2.12. The molecule has 0 unspecified atom stereocenters. The largest absolute Gasteiger partial charge is 0.364 e. The van der Waals surface area contributed by atoms with Crippen LogP contribution in [0.1, 0.15) is 10.5 Å². The molecule has 0 radical (unpaired) electrons. The van der Waals surface area contributed by atoms with E-state index in [0.717, 1.165) is 0 Å². The van der Waals surface area contributed by atoms with E-state index in [1.807, 2.05) is 0 Å². The molecule has 0 aliphatic carbocycles. The summed E-state index contributed by atoms with van der Waals surface area (Å²) in [6, 6.07) is 5.29. The topological polar surface area (TPSA) is 97.6 Å². The van der Waals surface area contributed by atoms with Crippen molar-refractivity contribution in [3.63, 3.8) is 0 Å². The number of rotatable bonds is 2. The summed E-state index contributed by atoms with van der Waals surface area (Å²) in [4.78, 5) is 15.0. The first kappa shape index (κ1) is 8.36. The number of aromatic amines is 1. The molecule has 6 heteroatoms. The molecule has 0 spiro atoms. The van der Waals surface area contributed by atoms with Gasteiger partial charge in [-0.15, -0.1) is 0 Å². The smallest absolute Gasteiger partial charge is 0.271 e. The monoisotopic (exact) mass is 189 g/mol. The van der Waals surface area contributed by atoms with Gasteiger partial charge in [-0.25, -0.2) is 0 Å². The van der Waals surface area contributed by atoms with Crippen molar-refractivity contribution in [2.45, 2.75) is 0 Å². The fourth-order valence-corrected chi connectivity index (χ4v) is 1.08. The minimum absolute atomic E-state index is 0.101. The van der Waals surface area contributed by atoms with Crippen molar-refractivity contribution in [1.29, 1.82) is 0 Å². The number of H-pyrrole nitrogens is 1. The Bertz CT molecular complexity index is 450. The molecule has 6 nitrogen and oxygen atoms in total. The molecule has 14 heavy (non-hydrogen) atoms. The predicted octanol–water partition coefficient (Wildman–Crippen LogP) is -0.0344. The number of carbonyl (C=O) groups is 1. The van der Waals surface area contributed by atoms with Gasteiger partial charge in [0.2, 0.25) is 0 Å². The van der Waals surface area contributed by atoms with Gasteiger partial charge in [-0.05, 0) is 12.1 Å². The van der Waals surface area contributed by atoms with E-state index in [1.165, 1.54) is 0 Å². The Morgan fingerprint density at radius 1 is 1.36 bits per heavy atom. The second-order valence-corrected chi connectivity index (χ2v) is 2.60. The first-order chi connectivity index (χ1) is 6.79. The molecule has 0 bridgehead atoms. The van der Waals surface area contributed by atoms with Gasteiger partial charge in [-0.1, -0.05) is 6.07 Å². The minimum Gasteiger partial charge on any atom is -0.364 e. The van der Waals surface area contributed by atoms with E-state index in [2.05, 4.69) is 20.4 Å². The molecule has 0 saturated heterocycles. The molecule has 0 saturated carbocycles. The van der Waals surface area contributed by atoms with Crippen molar-refractivity contribution in [3.05, 3.63) is 30.1 Å². The lowest BCUT2D eigenvalue weighted by atomic mass is 10.2. The van der Waals surface area contributed by atoms with Crippen molar-refractivity contribution in [2.24, 2.45) is 5.73 Å². The van der Waals surface area contributed by atoms with Gasteiger partial charge in [-0.2, -0.15) is 15.4 Å². The first-order valence-electron chi connectivity index (χ1n) is 3.91. The van der Waals surface area contributed by atoms with Gasteiger partial charge in [0.1, 0.15) is 5.69 Å². The van der Waals surface area contributed by atoms with Gasteiger partial charge in [0.15, 0.2) is 5.69 Å². The number of aromatic nitrogens is 4. The second kappa shape index (κ2) is 3.25. The maximum absolute atomic E-state index is 10.9. The number of nitrogens with one attached hydrogen (secondary N) is 1. The highest BCUT2D eigenvalue weighted by Gasteiger charge is 2.15. The normalized spacial score (nSPS) is 10.0. The third-order valence-corrected chi connectivity index (χ3v) is 1.69. The Morgan fingerprint density at radius 3 is 2.86 bits per heavy atom. The number of hydrogen-bond donors (Lipinski definition) is 2. The average Bonchev–Trinajstić information content (AvgIpc) is 2.67. The van der Waals surface area contributed by atoms with E-state index >= 15 is 0 Å². The maximum atomic E-state index is 10.9. The fraction of sp³-hybridized carbons (Fsp3) is 0. The van der Waals surface area contributed by atoms with Gasteiger partial charge in [-0.3, -0.25) is 9.78 Å². The molecule has 2 aromatic rings. The minimum atomic E-state index is -0.626. The van der Waals surface area contributed by atoms with E-state index in [0.29, 0.717) is 11.4 Å². The summed E-state index contributed by atoms with van der Waals surface area (Å²) in [5.41, 5.74) is 6.15. The highest BCUT2D eigenvalue weighted by Crippen LogP contribution is 2.15. The zero-order valence-corrected chi connectivity index (χ0v) is 7.14. The number of nitrogens with two attached hydrogens (primary N) is 1. The van der Waals surface area contributed by atoms with E-state index in [9.17, 15) is 4.79 Å². The van der Waals surface area contributed by atoms with Gasteiger partial charge in [0.05, 0.1) is 5.69 Å². The standard InChI is InChI=1S/C8H7N5O/c9-8(14)7-6(11-13-12-7)5-3-1-2-4-10-5/h1-4H,(H2,9,14)(H,11,12,13). The summed E-state index contributed by atoms with van der Waals surface area (Å²) in [6.45, 7) is 0. The first-order valence-corrected chi connectivity index (χ1v) is 3.91. The van der Waals surface area contributed by atoms with Gasteiger partial charge >= 0.3 is 0 Å². The third-order valence-electron chi connectivity index (χ3n) is 1.69. The zero-order chi connectivity index (χ0) is 9.97. The maximum Gasteiger partial charge on any atom is 0.271 e. The molecular weight excluding hydrogens is 182 g/mol. The van der Waals surface area contributed by atoms with Crippen LogP contribution in [-0.4, -0.2) is 26.3 Å². The van der Waals surface area contributed by atoms with Crippen molar-refractivity contribution in [1.82, 2.24) is 20.4 Å². The molecule has 2 heterocycles. The molecule has 0 aliphatic heterocycles. The molecule has 0 aliphatic rings. The lowest BCUT2D eigenvalue weighted by Gasteiger charge is -1.94. The quantitative estimate of drug-likeness (QED) is 0.692. The molecule has 1 amide bonds. The number of pyridine rings is 1. The molecular formula is C8H7N5O. The Hall–Kier alpha value is -2.24. The van der Waals surface area contributed by atoms with Crippen LogP contribution >= 0.6 is 0 Å². The van der Waals surface area contributed by atoms with Crippen LogP contribution < -0.4 is 5.73 Å². The van der Waals surface area contributed by atoms with Crippen molar-refractivity contribution in [2.75, 3.05) is 0 Å². The van der Waals surface area contributed by atoms with Crippen molar-refractivity contribution in [3.8, 4) is 11.4 Å². The van der Waals surface area contributed by atoms with Crippen molar-refractivity contribution >= 4 is 5.91 Å². The van der Waals surface area contributed by atoms with E-state index in [4.69, 9.17) is 5.73 Å². The summed E-state index contributed by atoms with van der Waals surface area (Å²) in [6.07, 6.45) is 1.61. The van der Waals surface area contributed by atoms with Crippen LogP contribution in [0, 0.1) is 0 Å². The average molecular weight is 189 g/mol. The van der Waals surface area contributed by atoms with Crippen LogP contribution in [0.15, 0.2) is 24.4 Å². The highest BCUT2D eigenvalue weighted by molar-refractivity contribution is 5.96. The third kappa shape index (κ3) is 1.33. The lowest BCUT2D eigenvalue weighted by molar-refractivity contribution is 0.0996. The number of carbonyl (C=O) groups excluding carboxylic acids is 1. The Balaban J connectivity index is 2.52. The summed E-state index contributed by atoms with van der Waals surface area (Å²) >= 11 is 0. The molecule has 0 atom stereocenters. The molecule has 0 fully saturated rings. The van der Waals surface area contributed by atoms with Crippen LogP contribution in [0.4, 0.5) is 0 Å². The van der Waals surface area contributed by atoms with Gasteiger partial charge in [0, 0.05) is 6.20 Å². The van der Waals surface area contributed by atoms with Gasteiger partial charge in [0.25, 0.3) is 5.91 Å². The van der Waals surface area contributed by atoms with Crippen molar-refractivity contribution < 1.29 is 4.79 Å². The summed E-state index contributed by atoms with van der Waals surface area (Å²) in [7, 11) is 0. The van der Waals surface area contributed by atoms with Crippen LogP contribution in [0.2, 0.25) is 0 Å². The summed E-state index contributed by atoms with van der Waals surface area (Å²) < 4.78 is 0. The molecule has 70 valence electrons. The summed E-state index contributed by atoms with van der Waals surface area (Å²) in [5.74, 6) is -0.626. The Morgan fingerprint density at radius 2 is 2.21 bits per heavy atom. The zero-order valence-electron chi connectivity index (χ0n) is 7.14. The number of primary amides is 1. The molecule has 2 aromatic heterocycles. The van der Waals surface area contributed by atoms with Gasteiger partial charge < -0.3 is 5.73 Å². The number of nitrogens with zero attached hydrogens (tertiary/aromatic N) is 3. The van der Waals surface area contributed by atoms with Crippen LogP contribution in [0.5, 0.6) is 0 Å². The number of hydrogen-bond acceptors (Lipinski definition) is 4. The number of amides is 1. The SMILES string of the molecule is NC(=O)c1n[nH]nc1-c1ccccn1. The molecule has 2 rings (SSSR count). The van der Waals surface area contributed by atoms with E-state index in [1.54, 1.807) is 24.4 Å². The second-order valence-electron chi connectivity index (χ2n) is 2.60. The highest BCUT2D eigenvalue weighted by atomic mass is 16.1.